The van der Waals surface area contributed by atoms with Crippen LogP contribution in [0.1, 0.15) is 10.4 Å². The largest absolute Gasteiger partial charge is 0.478 e. The molecule has 0 unspecified atom stereocenters. The summed E-state index contributed by atoms with van der Waals surface area (Å²) < 4.78 is 0. The van der Waals surface area contributed by atoms with Gasteiger partial charge in [0.25, 0.3) is 0 Å². The first-order valence-corrected chi connectivity index (χ1v) is 4.10. The number of carboxylic acid groups (broad SMARTS) is 1. The van der Waals surface area contributed by atoms with Crippen molar-refractivity contribution >= 4 is 18.4 Å². The lowest BCUT2D eigenvalue weighted by Gasteiger charge is -2.01. The van der Waals surface area contributed by atoms with Crippen molar-refractivity contribution in [2.75, 3.05) is 0 Å². The van der Waals surface area contributed by atoms with E-state index < -0.39 is 5.97 Å². The number of H-pyrrole nitrogens is 1. The summed E-state index contributed by atoms with van der Waals surface area (Å²) in [5, 5.41) is 15.4. The summed E-state index contributed by atoms with van der Waals surface area (Å²) in [7, 11) is 0. The predicted molar refractivity (Wildman–Crippen MR) is 58.2 cm³/mol. The molecule has 0 fully saturated rings. The lowest BCUT2D eigenvalue weighted by atomic mass is 10.0. The minimum Gasteiger partial charge on any atom is -0.478 e. The standard InChI is InChI=1S/C10H8N2O2.ClH/c13-10(14)9-4-2-1-3-8(9)7-5-11-12-6-7;/h1-6H,(H,11,12)(H,13,14);1H. The number of rotatable bonds is 2. The maximum atomic E-state index is 10.9. The van der Waals surface area contributed by atoms with E-state index in [0.29, 0.717) is 5.56 Å². The summed E-state index contributed by atoms with van der Waals surface area (Å²) >= 11 is 0. The van der Waals surface area contributed by atoms with Crippen LogP contribution >= 0.6 is 12.4 Å². The molecule has 0 aliphatic heterocycles. The summed E-state index contributed by atoms with van der Waals surface area (Å²) in [4.78, 5) is 10.9. The Morgan fingerprint density at radius 1 is 1.33 bits per heavy atom. The monoisotopic (exact) mass is 224 g/mol. The molecule has 1 aromatic carbocycles. The number of hydrogen-bond donors (Lipinski definition) is 2. The van der Waals surface area contributed by atoms with E-state index >= 15 is 0 Å². The number of hydrogen-bond acceptors (Lipinski definition) is 2. The van der Waals surface area contributed by atoms with Crippen LogP contribution in [0.15, 0.2) is 36.7 Å². The van der Waals surface area contributed by atoms with Crippen LogP contribution in [0.5, 0.6) is 0 Å². The van der Waals surface area contributed by atoms with Crippen molar-refractivity contribution in [3.8, 4) is 11.1 Å². The maximum Gasteiger partial charge on any atom is 0.336 e. The van der Waals surface area contributed by atoms with Gasteiger partial charge in [-0.25, -0.2) is 4.79 Å². The Hall–Kier alpha value is -1.81. The third kappa shape index (κ3) is 2.16. The van der Waals surface area contributed by atoms with Gasteiger partial charge < -0.3 is 5.11 Å². The van der Waals surface area contributed by atoms with E-state index in [4.69, 9.17) is 5.11 Å². The van der Waals surface area contributed by atoms with Crippen LogP contribution in [0, 0.1) is 0 Å². The predicted octanol–water partition coefficient (Wildman–Crippen LogP) is 2.20. The second-order valence-electron chi connectivity index (χ2n) is 2.84. The first-order chi connectivity index (χ1) is 6.79. The zero-order chi connectivity index (χ0) is 9.97. The van der Waals surface area contributed by atoms with Gasteiger partial charge in [-0.15, -0.1) is 12.4 Å². The molecule has 1 aromatic heterocycles. The second-order valence-corrected chi connectivity index (χ2v) is 2.84. The Balaban J connectivity index is 0.00000112. The number of carboxylic acids is 1. The van der Waals surface area contributed by atoms with Gasteiger partial charge in [0.15, 0.2) is 0 Å². The molecular formula is C10H9ClN2O2. The highest BCUT2D eigenvalue weighted by Crippen LogP contribution is 2.21. The molecule has 2 N–H and O–H groups in total. The Morgan fingerprint density at radius 3 is 2.67 bits per heavy atom. The van der Waals surface area contributed by atoms with E-state index in [1.54, 1.807) is 36.7 Å². The summed E-state index contributed by atoms with van der Waals surface area (Å²) in [5.41, 5.74) is 1.74. The van der Waals surface area contributed by atoms with Gasteiger partial charge in [-0.2, -0.15) is 5.10 Å². The molecule has 0 atom stereocenters. The molecule has 0 aliphatic rings. The molecule has 1 heterocycles. The van der Waals surface area contributed by atoms with Gasteiger partial charge in [0.1, 0.15) is 0 Å². The summed E-state index contributed by atoms with van der Waals surface area (Å²) in [6.45, 7) is 0. The van der Waals surface area contributed by atoms with Crippen LogP contribution in [0.4, 0.5) is 0 Å². The van der Waals surface area contributed by atoms with Crippen molar-refractivity contribution < 1.29 is 9.90 Å². The lowest BCUT2D eigenvalue weighted by molar-refractivity contribution is 0.0698. The highest BCUT2D eigenvalue weighted by molar-refractivity contribution is 5.95. The fourth-order valence-electron chi connectivity index (χ4n) is 1.32. The lowest BCUT2D eigenvalue weighted by Crippen LogP contribution is -1.98. The first kappa shape index (κ1) is 11.3. The number of halogens is 1. The third-order valence-electron chi connectivity index (χ3n) is 1.97. The van der Waals surface area contributed by atoms with Crippen molar-refractivity contribution in [2.45, 2.75) is 0 Å². The van der Waals surface area contributed by atoms with E-state index in [0.717, 1.165) is 5.56 Å². The molecule has 0 bridgehead atoms. The molecular weight excluding hydrogens is 216 g/mol. The number of benzene rings is 1. The van der Waals surface area contributed by atoms with Gasteiger partial charge in [-0.1, -0.05) is 18.2 Å². The van der Waals surface area contributed by atoms with E-state index in [-0.39, 0.29) is 18.0 Å². The average molecular weight is 225 g/mol. The van der Waals surface area contributed by atoms with E-state index in [1.165, 1.54) is 0 Å². The van der Waals surface area contributed by atoms with Crippen LogP contribution < -0.4 is 0 Å². The minimum atomic E-state index is -0.929. The molecule has 0 amide bonds. The van der Waals surface area contributed by atoms with Crippen molar-refractivity contribution in [1.82, 2.24) is 10.2 Å². The van der Waals surface area contributed by atoms with Crippen LogP contribution in [-0.2, 0) is 0 Å². The molecule has 0 saturated heterocycles. The first-order valence-electron chi connectivity index (χ1n) is 4.10. The zero-order valence-electron chi connectivity index (χ0n) is 7.68. The van der Waals surface area contributed by atoms with Crippen molar-refractivity contribution in [2.24, 2.45) is 0 Å². The molecule has 2 aromatic rings. The molecule has 0 spiro atoms. The van der Waals surface area contributed by atoms with Crippen LogP contribution in [0.3, 0.4) is 0 Å². The smallest absolute Gasteiger partial charge is 0.336 e. The fraction of sp³-hybridized carbons (Fsp3) is 0. The quantitative estimate of drug-likeness (QED) is 0.822. The Labute approximate surface area is 92.4 Å². The van der Waals surface area contributed by atoms with Crippen LogP contribution in [-0.4, -0.2) is 21.3 Å². The van der Waals surface area contributed by atoms with E-state index in [1.807, 2.05) is 0 Å². The van der Waals surface area contributed by atoms with Crippen molar-refractivity contribution in [1.29, 1.82) is 0 Å². The number of aromatic amines is 1. The number of nitrogens with one attached hydrogen (secondary N) is 1. The van der Waals surface area contributed by atoms with Crippen molar-refractivity contribution in [3.05, 3.63) is 42.2 Å². The topological polar surface area (TPSA) is 66.0 Å². The molecule has 0 saturated carbocycles. The number of aromatic carboxylic acids is 1. The number of nitrogens with zero attached hydrogens (tertiary/aromatic N) is 1. The Kier molecular flexibility index (Phi) is 3.46. The Morgan fingerprint density at radius 2 is 2.07 bits per heavy atom. The van der Waals surface area contributed by atoms with Gasteiger partial charge in [0.05, 0.1) is 11.8 Å². The molecule has 2 rings (SSSR count). The Bertz CT molecular complexity index is 454. The fourth-order valence-corrected chi connectivity index (χ4v) is 1.32. The normalized spacial score (nSPS) is 9.33. The molecule has 78 valence electrons. The van der Waals surface area contributed by atoms with E-state index in [9.17, 15) is 4.79 Å². The highest BCUT2D eigenvalue weighted by atomic mass is 35.5. The van der Waals surface area contributed by atoms with E-state index in [2.05, 4.69) is 10.2 Å². The SMILES string of the molecule is Cl.O=C(O)c1ccccc1-c1cn[nH]c1. The van der Waals surface area contributed by atoms with Crippen molar-refractivity contribution in [3.63, 3.8) is 0 Å². The summed E-state index contributed by atoms with van der Waals surface area (Å²) in [5.74, 6) is -0.929. The molecule has 5 heteroatoms. The summed E-state index contributed by atoms with van der Waals surface area (Å²) in [6, 6.07) is 6.83. The van der Waals surface area contributed by atoms with Gasteiger partial charge in [0.2, 0.25) is 0 Å². The number of carbonyl (C=O) groups is 1. The van der Waals surface area contributed by atoms with Crippen LogP contribution in [0.25, 0.3) is 11.1 Å². The van der Waals surface area contributed by atoms with Crippen LogP contribution in [0.2, 0.25) is 0 Å². The third-order valence-corrected chi connectivity index (χ3v) is 1.97. The van der Waals surface area contributed by atoms with Gasteiger partial charge in [0, 0.05) is 11.8 Å². The second kappa shape index (κ2) is 4.61. The van der Waals surface area contributed by atoms with Gasteiger partial charge in [-0.3, -0.25) is 5.10 Å². The van der Waals surface area contributed by atoms with Gasteiger partial charge in [-0.05, 0) is 11.6 Å². The number of aromatic nitrogens is 2. The molecule has 15 heavy (non-hydrogen) atoms. The van der Waals surface area contributed by atoms with Gasteiger partial charge >= 0.3 is 5.97 Å². The summed E-state index contributed by atoms with van der Waals surface area (Å²) in [6.07, 6.45) is 3.27. The maximum absolute atomic E-state index is 10.9. The molecule has 0 radical (unpaired) electrons. The average Bonchev–Trinajstić information content (AvgIpc) is 2.70. The zero-order valence-corrected chi connectivity index (χ0v) is 8.49. The highest BCUT2D eigenvalue weighted by Gasteiger charge is 2.10. The molecule has 4 nitrogen and oxygen atoms in total. The minimum absolute atomic E-state index is 0. The molecule has 0 aliphatic carbocycles.